The molecule has 0 spiro atoms. The minimum Gasteiger partial charge on any atom is -0.343 e. The van der Waals surface area contributed by atoms with E-state index in [2.05, 4.69) is 43.0 Å². The van der Waals surface area contributed by atoms with Crippen LogP contribution in [0.4, 0.5) is 5.13 Å². The van der Waals surface area contributed by atoms with Gasteiger partial charge in [0.1, 0.15) is 0 Å². The van der Waals surface area contributed by atoms with Crippen molar-refractivity contribution < 1.29 is 0 Å². The zero-order chi connectivity index (χ0) is 14.2. The van der Waals surface area contributed by atoms with Gasteiger partial charge >= 0.3 is 0 Å². The van der Waals surface area contributed by atoms with E-state index >= 15 is 0 Å². The van der Waals surface area contributed by atoms with Crippen LogP contribution in [0, 0.1) is 0 Å². The Balaban J connectivity index is 2.01. The van der Waals surface area contributed by atoms with E-state index in [4.69, 9.17) is 10.7 Å². The first-order valence-electron chi connectivity index (χ1n) is 7.14. The lowest BCUT2D eigenvalue weighted by Crippen LogP contribution is -2.37. The summed E-state index contributed by atoms with van der Waals surface area (Å²) < 4.78 is 0. The van der Waals surface area contributed by atoms with Crippen LogP contribution in [0.15, 0.2) is 30.3 Å². The number of anilines is 1. The van der Waals surface area contributed by atoms with Gasteiger partial charge in [-0.1, -0.05) is 41.7 Å². The molecule has 1 aromatic carbocycles. The van der Waals surface area contributed by atoms with Crippen LogP contribution in [-0.4, -0.2) is 17.1 Å². The summed E-state index contributed by atoms with van der Waals surface area (Å²) in [6, 6.07) is 10.3. The Morgan fingerprint density at radius 2 is 2.05 bits per heavy atom. The van der Waals surface area contributed by atoms with Gasteiger partial charge in [-0.25, -0.2) is 4.98 Å². The highest BCUT2D eigenvalue weighted by molar-refractivity contribution is 7.16. The molecular formula is C16H21N3S. The fourth-order valence-electron chi connectivity index (χ4n) is 2.88. The second-order valence-electron chi connectivity index (χ2n) is 5.91. The Bertz CT molecular complexity index is 589. The van der Waals surface area contributed by atoms with E-state index in [0.29, 0.717) is 6.54 Å². The van der Waals surface area contributed by atoms with E-state index in [1.807, 2.05) is 6.07 Å². The van der Waals surface area contributed by atoms with Crippen LogP contribution in [0.25, 0.3) is 11.3 Å². The molecule has 1 saturated heterocycles. The minimum atomic E-state index is 0.206. The van der Waals surface area contributed by atoms with Crippen LogP contribution in [0.5, 0.6) is 0 Å². The summed E-state index contributed by atoms with van der Waals surface area (Å²) in [7, 11) is 0. The summed E-state index contributed by atoms with van der Waals surface area (Å²) >= 11 is 1.74. The van der Waals surface area contributed by atoms with Crippen molar-refractivity contribution in [2.24, 2.45) is 5.73 Å². The van der Waals surface area contributed by atoms with Gasteiger partial charge in [0.2, 0.25) is 0 Å². The molecule has 2 aromatic rings. The van der Waals surface area contributed by atoms with Gasteiger partial charge in [0.25, 0.3) is 0 Å². The lowest BCUT2D eigenvalue weighted by Gasteiger charge is -2.31. The number of hydrogen-bond donors (Lipinski definition) is 1. The number of nitrogens with two attached hydrogens (primary N) is 1. The smallest absolute Gasteiger partial charge is 0.186 e. The SMILES string of the molecule is CC1(C)CCCN1c1nc(-c2ccccc2)c(CN)s1. The van der Waals surface area contributed by atoms with Crippen molar-refractivity contribution in [1.82, 2.24) is 4.98 Å². The Labute approximate surface area is 124 Å². The predicted molar refractivity (Wildman–Crippen MR) is 86.1 cm³/mol. The van der Waals surface area contributed by atoms with Crippen molar-refractivity contribution >= 4 is 16.5 Å². The summed E-state index contributed by atoms with van der Waals surface area (Å²) in [4.78, 5) is 8.50. The van der Waals surface area contributed by atoms with E-state index in [1.165, 1.54) is 17.7 Å². The van der Waals surface area contributed by atoms with Gasteiger partial charge < -0.3 is 10.6 Å². The van der Waals surface area contributed by atoms with Gasteiger partial charge in [-0.15, -0.1) is 0 Å². The van der Waals surface area contributed by atoms with E-state index in [1.54, 1.807) is 11.3 Å². The fraction of sp³-hybridized carbons (Fsp3) is 0.438. The highest BCUT2D eigenvalue weighted by atomic mass is 32.1. The Kier molecular flexibility index (Phi) is 3.52. The van der Waals surface area contributed by atoms with Crippen molar-refractivity contribution in [2.45, 2.75) is 38.8 Å². The zero-order valence-electron chi connectivity index (χ0n) is 12.1. The Morgan fingerprint density at radius 3 is 2.65 bits per heavy atom. The summed E-state index contributed by atoms with van der Waals surface area (Å²) in [5.41, 5.74) is 8.34. The number of rotatable bonds is 3. The van der Waals surface area contributed by atoms with Crippen LogP contribution in [0.3, 0.4) is 0 Å². The van der Waals surface area contributed by atoms with Crippen molar-refractivity contribution in [1.29, 1.82) is 0 Å². The molecular weight excluding hydrogens is 266 g/mol. The first-order chi connectivity index (χ1) is 9.62. The normalized spacial score (nSPS) is 17.6. The van der Waals surface area contributed by atoms with Crippen molar-refractivity contribution in [3.8, 4) is 11.3 Å². The van der Waals surface area contributed by atoms with Crippen molar-refractivity contribution in [3.05, 3.63) is 35.2 Å². The third-order valence-electron chi connectivity index (χ3n) is 4.05. The monoisotopic (exact) mass is 287 g/mol. The van der Waals surface area contributed by atoms with E-state index in [-0.39, 0.29) is 5.54 Å². The highest BCUT2D eigenvalue weighted by Gasteiger charge is 2.34. The van der Waals surface area contributed by atoms with Gasteiger partial charge in [0.05, 0.1) is 5.69 Å². The van der Waals surface area contributed by atoms with Crippen molar-refractivity contribution in [2.75, 3.05) is 11.4 Å². The number of benzene rings is 1. The highest BCUT2D eigenvalue weighted by Crippen LogP contribution is 2.39. The zero-order valence-corrected chi connectivity index (χ0v) is 12.9. The van der Waals surface area contributed by atoms with Crippen LogP contribution in [0.1, 0.15) is 31.6 Å². The van der Waals surface area contributed by atoms with Gasteiger partial charge in [-0.05, 0) is 26.7 Å². The molecule has 2 N–H and O–H groups in total. The van der Waals surface area contributed by atoms with Gasteiger partial charge in [-0.3, -0.25) is 0 Å². The van der Waals surface area contributed by atoms with Crippen LogP contribution < -0.4 is 10.6 Å². The minimum absolute atomic E-state index is 0.206. The lowest BCUT2D eigenvalue weighted by molar-refractivity contribution is 0.517. The predicted octanol–water partition coefficient (Wildman–Crippen LogP) is 3.65. The maximum Gasteiger partial charge on any atom is 0.186 e. The average Bonchev–Trinajstić information content (AvgIpc) is 3.02. The molecule has 0 amide bonds. The lowest BCUT2D eigenvalue weighted by atomic mass is 10.0. The molecule has 4 heteroatoms. The van der Waals surface area contributed by atoms with Gasteiger partial charge in [0, 0.05) is 29.1 Å². The molecule has 0 radical (unpaired) electrons. The maximum absolute atomic E-state index is 5.92. The first kappa shape index (κ1) is 13.6. The van der Waals surface area contributed by atoms with Crippen LogP contribution >= 0.6 is 11.3 Å². The molecule has 3 rings (SSSR count). The third kappa shape index (κ3) is 2.34. The summed E-state index contributed by atoms with van der Waals surface area (Å²) in [5.74, 6) is 0. The molecule has 0 saturated carbocycles. The van der Waals surface area contributed by atoms with E-state index in [0.717, 1.165) is 22.9 Å². The molecule has 0 unspecified atom stereocenters. The molecule has 2 heterocycles. The number of thiazole rings is 1. The third-order valence-corrected chi connectivity index (χ3v) is 5.15. The van der Waals surface area contributed by atoms with Crippen molar-refractivity contribution in [3.63, 3.8) is 0 Å². The second kappa shape index (κ2) is 5.19. The summed E-state index contributed by atoms with van der Waals surface area (Å²) in [6.07, 6.45) is 2.47. The molecule has 0 aliphatic carbocycles. The molecule has 20 heavy (non-hydrogen) atoms. The van der Waals surface area contributed by atoms with Crippen LogP contribution in [-0.2, 0) is 6.54 Å². The topological polar surface area (TPSA) is 42.2 Å². The molecule has 1 fully saturated rings. The summed E-state index contributed by atoms with van der Waals surface area (Å²) in [5, 5.41) is 1.12. The van der Waals surface area contributed by atoms with Gasteiger partial charge in [-0.2, -0.15) is 0 Å². The number of hydrogen-bond acceptors (Lipinski definition) is 4. The Hall–Kier alpha value is -1.39. The number of aromatic nitrogens is 1. The molecule has 0 atom stereocenters. The molecule has 3 nitrogen and oxygen atoms in total. The second-order valence-corrected chi connectivity index (χ2v) is 6.97. The average molecular weight is 287 g/mol. The van der Waals surface area contributed by atoms with E-state index in [9.17, 15) is 0 Å². The fourth-order valence-corrected chi connectivity index (χ4v) is 4.03. The van der Waals surface area contributed by atoms with Crippen LogP contribution in [0.2, 0.25) is 0 Å². The molecule has 0 bridgehead atoms. The standard InChI is InChI=1S/C16H21N3S/c1-16(2)9-6-10-19(16)15-18-14(13(11-17)20-15)12-7-4-3-5-8-12/h3-5,7-8H,6,9-11,17H2,1-2H3. The summed E-state index contributed by atoms with van der Waals surface area (Å²) in [6.45, 7) is 6.24. The molecule has 1 aliphatic rings. The molecule has 106 valence electrons. The first-order valence-corrected chi connectivity index (χ1v) is 7.96. The van der Waals surface area contributed by atoms with E-state index < -0.39 is 0 Å². The number of nitrogens with zero attached hydrogens (tertiary/aromatic N) is 2. The molecule has 1 aromatic heterocycles. The largest absolute Gasteiger partial charge is 0.343 e. The maximum atomic E-state index is 5.92. The molecule has 1 aliphatic heterocycles. The van der Waals surface area contributed by atoms with Gasteiger partial charge in [0.15, 0.2) is 5.13 Å². The quantitative estimate of drug-likeness (QED) is 0.937. The Morgan fingerprint density at radius 1 is 1.30 bits per heavy atom.